The first kappa shape index (κ1) is 12.0. The van der Waals surface area contributed by atoms with Gasteiger partial charge in [-0.2, -0.15) is 0 Å². The van der Waals surface area contributed by atoms with E-state index in [4.69, 9.17) is 14.6 Å². The molecule has 0 saturated carbocycles. The number of ether oxygens (including phenoxy) is 2. The lowest BCUT2D eigenvalue weighted by Gasteiger charge is -2.10. The molecule has 0 aliphatic carbocycles. The van der Waals surface area contributed by atoms with E-state index < -0.39 is 5.97 Å². The Morgan fingerprint density at radius 2 is 1.89 bits per heavy atom. The van der Waals surface area contributed by atoms with E-state index in [-0.39, 0.29) is 5.69 Å². The van der Waals surface area contributed by atoms with Crippen LogP contribution in [0.3, 0.4) is 0 Å². The van der Waals surface area contributed by atoms with Crippen molar-refractivity contribution in [1.82, 2.24) is 9.97 Å². The van der Waals surface area contributed by atoms with Crippen LogP contribution in [0.25, 0.3) is 11.4 Å². The predicted molar refractivity (Wildman–Crippen MR) is 64.1 cm³/mol. The van der Waals surface area contributed by atoms with Crippen LogP contribution in [0.2, 0.25) is 0 Å². The highest BCUT2D eigenvalue weighted by molar-refractivity contribution is 5.86. The van der Waals surface area contributed by atoms with Crippen molar-refractivity contribution in [2.24, 2.45) is 0 Å². The van der Waals surface area contributed by atoms with Crippen LogP contribution in [-0.2, 0) is 0 Å². The molecule has 1 aromatic carbocycles. The van der Waals surface area contributed by atoms with Crippen molar-refractivity contribution < 1.29 is 19.4 Å². The molecule has 18 heavy (non-hydrogen) atoms. The Bertz CT molecular complexity index is 555. The number of nitrogens with one attached hydrogen (secondary N) is 1. The molecule has 0 spiro atoms. The van der Waals surface area contributed by atoms with Crippen molar-refractivity contribution in [3.63, 3.8) is 0 Å². The number of nitrogens with zero attached hydrogens (tertiary/aromatic N) is 1. The molecule has 0 radical (unpaired) electrons. The van der Waals surface area contributed by atoms with E-state index in [9.17, 15) is 4.79 Å². The number of hydrogen-bond donors (Lipinski definition) is 2. The van der Waals surface area contributed by atoms with Crippen molar-refractivity contribution in [2.45, 2.75) is 0 Å². The van der Waals surface area contributed by atoms with Crippen LogP contribution >= 0.6 is 0 Å². The second-order valence-electron chi connectivity index (χ2n) is 3.49. The van der Waals surface area contributed by atoms with Crippen molar-refractivity contribution in [3.05, 3.63) is 30.1 Å². The fraction of sp³-hybridized carbons (Fsp3) is 0.167. The van der Waals surface area contributed by atoms with Gasteiger partial charge in [-0.05, 0) is 12.1 Å². The van der Waals surface area contributed by atoms with Gasteiger partial charge in [-0.3, -0.25) is 0 Å². The summed E-state index contributed by atoms with van der Waals surface area (Å²) in [5.74, 6) is 0.436. The molecule has 0 amide bonds. The minimum Gasteiger partial charge on any atom is -0.496 e. The van der Waals surface area contributed by atoms with Crippen LogP contribution in [-0.4, -0.2) is 35.3 Å². The second kappa shape index (κ2) is 4.79. The number of H-pyrrole nitrogens is 1. The average molecular weight is 248 g/mol. The number of rotatable bonds is 4. The monoisotopic (exact) mass is 248 g/mol. The van der Waals surface area contributed by atoms with Crippen molar-refractivity contribution in [1.29, 1.82) is 0 Å². The molecule has 6 nitrogen and oxygen atoms in total. The zero-order chi connectivity index (χ0) is 13.1. The van der Waals surface area contributed by atoms with Gasteiger partial charge in [0.1, 0.15) is 28.6 Å². The summed E-state index contributed by atoms with van der Waals surface area (Å²) in [5, 5.41) is 8.86. The molecular formula is C12H12N2O4. The quantitative estimate of drug-likeness (QED) is 0.861. The first-order valence-corrected chi connectivity index (χ1v) is 5.17. The Hall–Kier alpha value is -2.50. The van der Waals surface area contributed by atoms with Gasteiger partial charge in [-0.25, -0.2) is 9.78 Å². The largest absolute Gasteiger partial charge is 0.496 e. The van der Waals surface area contributed by atoms with E-state index >= 15 is 0 Å². The summed E-state index contributed by atoms with van der Waals surface area (Å²) in [6.45, 7) is 0. The molecule has 0 aliphatic heterocycles. The Labute approximate surface area is 103 Å². The Morgan fingerprint density at radius 3 is 2.33 bits per heavy atom. The second-order valence-corrected chi connectivity index (χ2v) is 3.49. The topological polar surface area (TPSA) is 84.4 Å². The number of hydrogen-bond acceptors (Lipinski definition) is 4. The number of carbonyl (C=O) groups is 1. The van der Waals surface area contributed by atoms with E-state index in [0.29, 0.717) is 22.9 Å². The highest BCUT2D eigenvalue weighted by atomic mass is 16.5. The maximum absolute atomic E-state index is 10.8. The van der Waals surface area contributed by atoms with E-state index in [1.54, 1.807) is 18.2 Å². The number of carboxylic acid groups (broad SMARTS) is 1. The molecule has 0 unspecified atom stereocenters. The van der Waals surface area contributed by atoms with Crippen molar-refractivity contribution in [3.8, 4) is 22.9 Å². The summed E-state index contributed by atoms with van der Waals surface area (Å²) in [6, 6.07) is 5.28. The Morgan fingerprint density at radius 1 is 1.28 bits per heavy atom. The van der Waals surface area contributed by atoms with Crippen molar-refractivity contribution >= 4 is 5.97 Å². The lowest BCUT2D eigenvalue weighted by molar-refractivity contribution is 0.0691. The Kier molecular flexibility index (Phi) is 3.18. The fourth-order valence-corrected chi connectivity index (χ4v) is 1.64. The average Bonchev–Trinajstić information content (AvgIpc) is 2.87. The van der Waals surface area contributed by atoms with Crippen LogP contribution in [0.5, 0.6) is 11.5 Å². The molecule has 0 aliphatic rings. The molecule has 1 aromatic heterocycles. The first-order chi connectivity index (χ1) is 8.67. The van der Waals surface area contributed by atoms with Crippen LogP contribution in [0.15, 0.2) is 24.4 Å². The number of imidazole rings is 1. The molecular weight excluding hydrogens is 236 g/mol. The number of carboxylic acids is 1. The summed E-state index contributed by atoms with van der Waals surface area (Å²) < 4.78 is 10.4. The first-order valence-electron chi connectivity index (χ1n) is 5.17. The third kappa shape index (κ3) is 2.00. The van der Waals surface area contributed by atoms with Gasteiger partial charge in [-0.15, -0.1) is 0 Å². The highest BCUT2D eigenvalue weighted by Gasteiger charge is 2.17. The summed E-state index contributed by atoms with van der Waals surface area (Å²) in [5.41, 5.74) is 0.605. The van der Waals surface area contributed by atoms with Crippen LogP contribution in [0.1, 0.15) is 10.5 Å². The van der Waals surface area contributed by atoms with Crippen LogP contribution in [0.4, 0.5) is 0 Å². The maximum Gasteiger partial charge on any atom is 0.353 e. The van der Waals surface area contributed by atoms with Gasteiger partial charge in [-0.1, -0.05) is 6.07 Å². The highest BCUT2D eigenvalue weighted by Crippen LogP contribution is 2.36. The van der Waals surface area contributed by atoms with Crippen LogP contribution < -0.4 is 9.47 Å². The lowest BCUT2D eigenvalue weighted by atomic mass is 10.1. The zero-order valence-corrected chi connectivity index (χ0v) is 9.93. The van der Waals surface area contributed by atoms with Crippen molar-refractivity contribution in [2.75, 3.05) is 14.2 Å². The molecule has 1 heterocycles. The van der Waals surface area contributed by atoms with Gasteiger partial charge >= 0.3 is 5.97 Å². The van der Waals surface area contributed by atoms with Gasteiger partial charge in [0.2, 0.25) is 0 Å². The molecule has 2 aromatic rings. The fourth-order valence-electron chi connectivity index (χ4n) is 1.64. The van der Waals surface area contributed by atoms with Gasteiger partial charge in [0.05, 0.1) is 20.4 Å². The van der Waals surface area contributed by atoms with E-state index in [0.717, 1.165) is 0 Å². The summed E-state index contributed by atoms with van der Waals surface area (Å²) in [7, 11) is 3.05. The number of methoxy groups -OCH3 is 2. The summed E-state index contributed by atoms with van der Waals surface area (Å²) in [6.07, 6.45) is 1.25. The zero-order valence-electron chi connectivity index (χ0n) is 9.93. The number of aromatic amines is 1. The Balaban J connectivity index is 2.57. The van der Waals surface area contributed by atoms with Gasteiger partial charge in [0.25, 0.3) is 0 Å². The molecule has 0 fully saturated rings. The third-order valence-electron chi connectivity index (χ3n) is 2.47. The standard InChI is InChI=1S/C12H12N2O4/c1-17-8-4-3-5-9(18-2)10(8)11-13-6-7(14-11)12(15)16/h3-6H,1-2H3,(H,13,14)(H,15,16). The minimum atomic E-state index is -1.07. The minimum absolute atomic E-state index is 0.0120. The normalized spacial score (nSPS) is 10.1. The van der Waals surface area contributed by atoms with E-state index in [1.165, 1.54) is 20.4 Å². The molecule has 2 N–H and O–H groups in total. The molecule has 0 saturated heterocycles. The number of benzene rings is 1. The SMILES string of the molecule is COc1cccc(OC)c1-c1ncc(C(=O)O)[nH]1. The van der Waals surface area contributed by atoms with E-state index in [1.807, 2.05) is 0 Å². The smallest absolute Gasteiger partial charge is 0.353 e. The van der Waals surface area contributed by atoms with Gasteiger partial charge in [0.15, 0.2) is 0 Å². The van der Waals surface area contributed by atoms with Crippen LogP contribution in [0, 0.1) is 0 Å². The summed E-state index contributed by atoms with van der Waals surface area (Å²) >= 11 is 0. The maximum atomic E-state index is 10.8. The molecule has 0 bridgehead atoms. The summed E-state index contributed by atoms with van der Waals surface area (Å²) in [4.78, 5) is 17.6. The number of aromatic nitrogens is 2. The molecule has 6 heteroatoms. The van der Waals surface area contributed by atoms with Gasteiger partial charge in [0, 0.05) is 0 Å². The van der Waals surface area contributed by atoms with E-state index in [2.05, 4.69) is 9.97 Å². The third-order valence-corrected chi connectivity index (χ3v) is 2.47. The van der Waals surface area contributed by atoms with Gasteiger partial charge < -0.3 is 19.6 Å². The number of aromatic carboxylic acids is 1. The molecule has 94 valence electrons. The lowest BCUT2D eigenvalue weighted by Crippen LogP contribution is -1.97. The molecule has 0 atom stereocenters. The predicted octanol–water partition coefficient (Wildman–Crippen LogP) is 1.79. The molecule has 2 rings (SSSR count).